The smallest absolute Gasteiger partial charge is 0.434 e. The van der Waals surface area contributed by atoms with Crippen molar-refractivity contribution in [2.75, 3.05) is 6.61 Å². The van der Waals surface area contributed by atoms with Crippen LogP contribution in [0.4, 0.5) is 4.79 Å². The zero-order valence-corrected chi connectivity index (χ0v) is 13.2. The molecule has 0 saturated heterocycles. The molecule has 4 bridgehead atoms. The number of hydrogen-bond donors (Lipinski definition) is 0. The van der Waals surface area contributed by atoms with Gasteiger partial charge < -0.3 is 9.47 Å². The number of fused-ring (bicyclic) bond motifs is 9. The van der Waals surface area contributed by atoms with Gasteiger partial charge >= 0.3 is 6.16 Å². The molecule has 0 radical (unpaired) electrons. The summed E-state index contributed by atoms with van der Waals surface area (Å²) >= 11 is 0. The Morgan fingerprint density at radius 2 is 1.81 bits per heavy atom. The summed E-state index contributed by atoms with van der Waals surface area (Å²) in [6.07, 6.45) is 8.44. The first kappa shape index (κ1) is 13.7. The van der Waals surface area contributed by atoms with E-state index in [9.17, 15) is 4.79 Å². The zero-order valence-electron chi connectivity index (χ0n) is 13.2. The molecule has 0 spiro atoms. The molecule has 116 valence electrons. The number of allylic oxidation sites excluding steroid dienone is 2. The van der Waals surface area contributed by atoms with Crippen LogP contribution in [0, 0.1) is 41.4 Å². The average molecular weight is 290 g/mol. The highest BCUT2D eigenvalue weighted by atomic mass is 16.7. The monoisotopic (exact) mass is 290 g/mol. The van der Waals surface area contributed by atoms with Gasteiger partial charge in [-0.15, -0.1) is 0 Å². The second-order valence-electron chi connectivity index (χ2n) is 8.53. The third-order valence-corrected chi connectivity index (χ3v) is 6.21. The Morgan fingerprint density at radius 1 is 1.10 bits per heavy atom. The maximum Gasteiger partial charge on any atom is 0.508 e. The van der Waals surface area contributed by atoms with Crippen LogP contribution < -0.4 is 0 Å². The number of carbonyl (C=O) groups is 1. The van der Waals surface area contributed by atoms with Gasteiger partial charge in [0.05, 0.1) is 6.61 Å². The van der Waals surface area contributed by atoms with Gasteiger partial charge in [-0.05, 0) is 81.5 Å². The molecule has 4 aliphatic carbocycles. The Kier molecular flexibility index (Phi) is 2.93. The first-order valence-electron chi connectivity index (χ1n) is 8.46. The molecule has 0 heterocycles. The second kappa shape index (κ2) is 4.50. The van der Waals surface area contributed by atoms with Crippen LogP contribution in [0.2, 0.25) is 0 Å². The lowest BCUT2D eigenvalue weighted by molar-refractivity contribution is -0.0209. The number of ether oxygens (including phenoxy) is 2. The third-order valence-electron chi connectivity index (χ3n) is 6.21. The Morgan fingerprint density at radius 3 is 2.52 bits per heavy atom. The van der Waals surface area contributed by atoms with E-state index in [0.29, 0.717) is 12.5 Å². The van der Waals surface area contributed by atoms with E-state index in [1.54, 1.807) is 0 Å². The summed E-state index contributed by atoms with van der Waals surface area (Å²) in [6, 6.07) is 0. The Hall–Kier alpha value is -0.990. The van der Waals surface area contributed by atoms with E-state index in [0.717, 1.165) is 35.5 Å². The van der Waals surface area contributed by atoms with Crippen LogP contribution in [0.3, 0.4) is 0 Å². The molecule has 21 heavy (non-hydrogen) atoms. The van der Waals surface area contributed by atoms with Gasteiger partial charge in [-0.2, -0.15) is 0 Å². The standard InChI is InChI=1S/C18H26O3/c1-18(2,3)21-17(19)20-9-13-7-12-8-14(13)16-11-5-4-10(6-11)15(12)16/h4-5,10-16H,6-9H2,1-3H3. The molecular formula is C18H26O3. The van der Waals surface area contributed by atoms with E-state index < -0.39 is 11.8 Å². The Bertz CT molecular complexity index is 475. The molecule has 0 aromatic heterocycles. The fourth-order valence-corrected chi connectivity index (χ4v) is 5.80. The Labute approximate surface area is 127 Å². The van der Waals surface area contributed by atoms with Crippen molar-refractivity contribution in [3.63, 3.8) is 0 Å². The van der Waals surface area contributed by atoms with Crippen LogP contribution in [-0.4, -0.2) is 18.4 Å². The predicted molar refractivity (Wildman–Crippen MR) is 79.6 cm³/mol. The quantitative estimate of drug-likeness (QED) is 0.437. The van der Waals surface area contributed by atoms with Crippen molar-refractivity contribution >= 4 is 6.16 Å². The lowest BCUT2D eigenvalue weighted by Gasteiger charge is -2.36. The summed E-state index contributed by atoms with van der Waals surface area (Å²) < 4.78 is 10.6. The molecular weight excluding hydrogens is 264 g/mol. The van der Waals surface area contributed by atoms with Gasteiger partial charge in [-0.3, -0.25) is 0 Å². The summed E-state index contributed by atoms with van der Waals surface area (Å²) in [4.78, 5) is 11.7. The molecule has 7 atom stereocenters. The largest absolute Gasteiger partial charge is 0.508 e. The molecule has 4 rings (SSSR count). The Balaban J connectivity index is 1.35. The van der Waals surface area contributed by atoms with E-state index >= 15 is 0 Å². The molecule has 0 aliphatic heterocycles. The lowest BCUT2D eigenvalue weighted by Crippen LogP contribution is -2.34. The van der Waals surface area contributed by atoms with Crippen LogP contribution in [0.1, 0.15) is 40.0 Å². The maximum atomic E-state index is 11.7. The normalized spacial score (nSPS) is 46.0. The van der Waals surface area contributed by atoms with E-state index in [1.807, 2.05) is 20.8 Å². The van der Waals surface area contributed by atoms with Crippen molar-refractivity contribution < 1.29 is 14.3 Å². The minimum absolute atomic E-state index is 0.466. The molecule has 3 nitrogen and oxygen atoms in total. The topological polar surface area (TPSA) is 35.5 Å². The van der Waals surface area contributed by atoms with Crippen LogP contribution in [0.15, 0.2) is 12.2 Å². The number of rotatable bonds is 2. The van der Waals surface area contributed by atoms with Crippen molar-refractivity contribution in [3.05, 3.63) is 12.2 Å². The van der Waals surface area contributed by atoms with Gasteiger partial charge in [0.25, 0.3) is 0 Å². The molecule has 3 heteroatoms. The summed E-state index contributed by atoms with van der Waals surface area (Å²) in [5.74, 6) is 5.74. The molecule has 0 aromatic carbocycles. The van der Waals surface area contributed by atoms with Gasteiger partial charge in [-0.1, -0.05) is 12.2 Å². The van der Waals surface area contributed by atoms with Gasteiger partial charge in [-0.25, -0.2) is 4.79 Å². The summed E-state index contributed by atoms with van der Waals surface area (Å²) in [7, 11) is 0. The van der Waals surface area contributed by atoms with Crippen LogP contribution in [-0.2, 0) is 9.47 Å². The van der Waals surface area contributed by atoms with Crippen LogP contribution in [0.5, 0.6) is 0 Å². The van der Waals surface area contributed by atoms with Gasteiger partial charge in [0, 0.05) is 0 Å². The highest BCUT2D eigenvalue weighted by Gasteiger charge is 2.60. The second-order valence-corrected chi connectivity index (χ2v) is 8.53. The highest BCUT2D eigenvalue weighted by Crippen LogP contribution is 2.66. The minimum atomic E-state index is -0.505. The van der Waals surface area contributed by atoms with Crippen LogP contribution >= 0.6 is 0 Å². The van der Waals surface area contributed by atoms with Gasteiger partial charge in [0.1, 0.15) is 5.60 Å². The highest BCUT2D eigenvalue weighted by molar-refractivity contribution is 5.60. The van der Waals surface area contributed by atoms with E-state index in [4.69, 9.17) is 9.47 Å². The van der Waals surface area contributed by atoms with E-state index in [1.165, 1.54) is 19.3 Å². The van der Waals surface area contributed by atoms with E-state index in [-0.39, 0.29) is 0 Å². The maximum absolute atomic E-state index is 11.7. The average Bonchev–Trinajstić information content (AvgIpc) is 3.11. The number of hydrogen-bond acceptors (Lipinski definition) is 3. The van der Waals surface area contributed by atoms with E-state index in [2.05, 4.69) is 12.2 Å². The first-order valence-corrected chi connectivity index (χ1v) is 8.46. The predicted octanol–water partition coefficient (Wildman–Crippen LogP) is 4.03. The van der Waals surface area contributed by atoms with Crippen molar-refractivity contribution in [2.45, 2.75) is 45.6 Å². The van der Waals surface area contributed by atoms with Crippen molar-refractivity contribution in [2.24, 2.45) is 41.4 Å². The SMILES string of the molecule is CC(C)(C)OC(=O)OCC1CC2CC1C1C3C=CC(C3)C21. The molecule has 7 unspecified atom stereocenters. The number of carbonyl (C=O) groups excluding carboxylic acids is 1. The van der Waals surface area contributed by atoms with Crippen molar-refractivity contribution in [3.8, 4) is 0 Å². The molecule has 0 aromatic rings. The summed E-state index contributed by atoms with van der Waals surface area (Å²) in [6.45, 7) is 6.17. The van der Waals surface area contributed by atoms with Crippen LogP contribution in [0.25, 0.3) is 0 Å². The van der Waals surface area contributed by atoms with Gasteiger partial charge in [0.15, 0.2) is 0 Å². The first-order chi connectivity index (χ1) is 9.92. The summed E-state index contributed by atoms with van der Waals surface area (Å²) in [5, 5.41) is 0. The lowest BCUT2D eigenvalue weighted by atomic mass is 9.69. The third kappa shape index (κ3) is 2.20. The fraction of sp³-hybridized carbons (Fsp3) is 0.833. The fourth-order valence-electron chi connectivity index (χ4n) is 5.80. The molecule has 3 fully saturated rings. The zero-order chi connectivity index (χ0) is 14.8. The van der Waals surface area contributed by atoms with Crippen molar-refractivity contribution in [1.29, 1.82) is 0 Å². The van der Waals surface area contributed by atoms with Crippen molar-refractivity contribution in [1.82, 2.24) is 0 Å². The minimum Gasteiger partial charge on any atom is -0.434 e. The molecule has 0 N–H and O–H groups in total. The molecule has 4 aliphatic rings. The summed E-state index contributed by atoms with van der Waals surface area (Å²) in [5.41, 5.74) is -0.466. The van der Waals surface area contributed by atoms with Gasteiger partial charge in [0.2, 0.25) is 0 Å². The molecule has 3 saturated carbocycles. The molecule has 0 amide bonds.